The van der Waals surface area contributed by atoms with E-state index in [1.807, 2.05) is 12.1 Å². The molecule has 1 aliphatic rings. The summed E-state index contributed by atoms with van der Waals surface area (Å²) in [5, 5.41) is 0.801. The van der Waals surface area contributed by atoms with Gasteiger partial charge in [-0.05, 0) is 30.7 Å². The van der Waals surface area contributed by atoms with Crippen LogP contribution < -0.4 is 10.5 Å². The molecule has 0 saturated carbocycles. The highest BCUT2D eigenvalue weighted by Crippen LogP contribution is 2.42. The van der Waals surface area contributed by atoms with Gasteiger partial charge in [0.15, 0.2) is 0 Å². The van der Waals surface area contributed by atoms with Crippen molar-refractivity contribution in [2.45, 2.75) is 25.9 Å². The Morgan fingerprint density at radius 3 is 2.88 bits per heavy atom. The van der Waals surface area contributed by atoms with Crippen molar-refractivity contribution in [1.29, 1.82) is 0 Å². The normalized spacial score (nSPS) is 19.4. The van der Waals surface area contributed by atoms with Gasteiger partial charge in [0, 0.05) is 29.7 Å². The Bertz CT molecular complexity index is 409. The molecule has 4 heteroatoms. The minimum atomic E-state index is 0.229. The molecule has 3 nitrogen and oxygen atoms in total. The first kappa shape index (κ1) is 12.7. The van der Waals surface area contributed by atoms with Crippen LogP contribution in [0.2, 0.25) is 5.02 Å². The number of nitrogens with two attached hydrogens (primary N) is 1. The van der Waals surface area contributed by atoms with Gasteiger partial charge in [-0.25, -0.2) is 0 Å². The van der Waals surface area contributed by atoms with Gasteiger partial charge in [0.05, 0.1) is 7.11 Å². The highest BCUT2D eigenvalue weighted by Gasteiger charge is 2.32. The predicted octanol–water partition coefficient (Wildman–Crippen LogP) is 2.57. The Morgan fingerprint density at radius 2 is 2.29 bits per heavy atom. The zero-order valence-electron chi connectivity index (χ0n) is 10.4. The molecule has 0 aliphatic carbocycles. The van der Waals surface area contributed by atoms with Gasteiger partial charge in [-0.3, -0.25) is 4.90 Å². The van der Waals surface area contributed by atoms with Crippen LogP contribution in [0.4, 0.5) is 0 Å². The lowest BCUT2D eigenvalue weighted by Crippen LogP contribution is -2.28. The van der Waals surface area contributed by atoms with Gasteiger partial charge in [0.25, 0.3) is 0 Å². The summed E-state index contributed by atoms with van der Waals surface area (Å²) in [6, 6.07) is 4.06. The number of nitrogens with zero attached hydrogens (tertiary/aromatic N) is 1. The van der Waals surface area contributed by atoms with Gasteiger partial charge in [-0.2, -0.15) is 0 Å². The fourth-order valence-electron chi connectivity index (χ4n) is 2.62. The van der Waals surface area contributed by atoms with Crippen LogP contribution >= 0.6 is 11.6 Å². The molecule has 0 fully saturated rings. The van der Waals surface area contributed by atoms with E-state index in [1.54, 1.807) is 7.11 Å². The summed E-state index contributed by atoms with van der Waals surface area (Å²) in [5.74, 6) is 0.918. The summed E-state index contributed by atoms with van der Waals surface area (Å²) in [5.41, 5.74) is 8.24. The zero-order chi connectivity index (χ0) is 12.4. The van der Waals surface area contributed by atoms with E-state index in [0.29, 0.717) is 6.54 Å². The molecule has 0 saturated heterocycles. The molecule has 0 radical (unpaired) electrons. The highest BCUT2D eigenvalue weighted by molar-refractivity contribution is 6.31. The van der Waals surface area contributed by atoms with Crippen molar-refractivity contribution in [1.82, 2.24) is 4.90 Å². The van der Waals surface area contributed by atoms with Crippen LogP contribution in [-0.4, -0.2) is 25.1 Å². The zero-order valence-corrected chi connectivity index (χ0v) is 11.1. The van der Waals surface area contributed by atoms with Crippen LogP contribution in [0.5, 0.6) is 5.75 Å². The first-order valence-corrected chi connectivity index (χ1v) is 6.40. The minimum Gasteiger partial charge on any atom is -0.496 e. The van der Waals surface area contributed by atoms with Crippen molar-refractivity contribution in [3.05, 3.63) is 28.3 Å². The SMILES string of the molecule is CCCN1Cc2c(OC)ccc(Cl)c2C1CN. The van der Waals surface area contributed by atoms with Crippen molar-refractivity contribution in [3.8, 4) is 5.75 Å². The third-order valence-electron chi connectivity index (χ3n) is 3.35. The molecule has 2 N–H and O–H groups in total. The van der Waals surface area contributed by atoms with Gasteiger partial charge in [-0.15, -0.1) is 0 Å². The largest absolute Gasteiger partial charge is 0.496 e. The number of halogens is 1. The van der Waals surface area contributed by atoms with E-state index < -0.39 is 0 Å². The summed E-state index contributed by atoms with van der Waals surface area (Å²) >= 11 is 6.30. The van der Waals surface area contributed by atoms with E-state index in [2.05, 4.69) is 11.8 Å². The molecule has 0 spiro atoms. The molecular weight excluding hydrogens is 236 g/mol. The summed E-state index contributed by atoms with van der Waals surface area (Å²) in [6.07, 6.45) is 1.12. The number of hydrogen-bond acceptors (Lipinski definition) is 3. The summed E-state index contributed by atoms with van der Waals surface area (Å²) < 4.78 is 5.41. The quantitative estimate of drug-likeness (QED) is 0.898. The van der Waals surface area contributed by atoms with Crippen LogP contribution in [0.3, 0.4) is 0 Å². The smallest absolute Gasteiger partial charge is 0.123 e. The van der Waals surface area contributed by atoms with Crippen molar-refractivity contribution in [2.75, 3.05) is 20.2 Å². The van der Waals surface area contributed by atoms with Gasteiger partial charge < -0.3 is 10.5 Å². The van der Waals surface area contributed by atoms with Crippen LogP contribution in [0.1, 0.15) is 30.5 Å². The van der Waals surface area contributed by atoms with Crippen LogP contribution in [0, 0.1) is 0 Å². The molecule has 1 aromatic carbocycles. The van der Waals surface area contributed by atoms with Gasteiger partial charge in [0.1, 0.15) is 5.75 Å². The standard InChI is InChI=1S/C13H19ClN2O/c1-3-6-16-8-9-12(17-2)5-4-10(14)13(9)11(16)7-15/h4-5,11H,3,6-8,15H2,1-2H3. The second kappa shape index (κ2) is 5.25. The average molecular weight is 255 g/mol. The molecule has 0 amide bonds. The van der Waals surface area contributed by atoms with E-state index in [4.69, 9.17) is 22.1 Å². The van der Waals surface area contributed by atoms with Crippen molar-refractivity contribution < 1.29 is 4.74 Å². The summed E-state index contributed by atoms with van der Waals surface area (Å²) in [6.45, 7) is 4.69. The number of rotatable bonds is 4. The number of methoxy groups -OCH3 is 1. The lowest BCUT2D eigenvalue weighted by Gasteiger charge is -2.23. The van der Waals surface area contributed by atoms with Crippen molar-refractivity contribution in [3.63, 3.8) is 0 Å². The second-order valence-corrected chi connectivity index (χ2v) is 4.77. The molecule has 2 rings (SSSR count). The van der Waals surface area contributed by atoms with Gasteiger partial charge in [0.2, 0.25) is 0 Å². The second-order valence-electron chi connectivity index (χ2n) is 4.36. The monoisotopic (exact) mass is 254 g/mol. The lowest BCUT2D eigenvalue weighted by atomic mass is 10.0. The number of benzene rings is 1. The molecule has 1 unspecified atom stereocenters. The number of hydrogen-bond donors (Lipinski definition) is 1. The Labute approximate surface area is 107 Å². The van der Waals surface area contributed by atoms with Gasteiger partial charge in [-0.1, -0.05) is 18.5 Å². The first-order valence-electron chi connectivity index (χ1n) is 6.02. The molecular formula is C13H19ClN2O. The Hall–Kier alpha value is -0.770. The van der Waals surface area contributed by atoms with Crippen LogP contribution in [0.15, 0.2) is 12.1 Å². The van der Waals surface area contributed by atoms with Crippen LogP contribution in [-0.2, 0) is 6.54 Å². The first-order chi connectivity index (χ1) is 8.22. The summed E-state index contributed by atoms with van der Waals surface area (Å²) in [4.78, 5) is 2.37. The minimum absolute atomic E-state index is 0.229. The fraction of sp³-hybridized carbons (Fsp3) is 0.538. The molecule has 0 aromatic heterocycles. The molecule has 1 aromatic rings. The van der Waals surface area contributed by atoms with Gasteiger partial charge >= 0.3 is 0 Å². The summed E-state index contributed by atoms with van der Waals surface area (Å²) in [7, 11) is 1.70. The van der Waals surface area contributed by atoms with Crippen molar-refractivity contribution >= 4 is 11.6 Å². The Kier molecular flexibility index (Phi) is 3.92. The van der Waals surface area contributed by atoms with Crippen LogP contribution in [0.25, 0.3) is 0 Å². The topological polar surface area (TPSA) is 38.5 Å². The number of fused-ring (bicyclic) bond motifs is 1. The third-order valence-corrected chi connectivity index (χ3v) is 3.68. The Balaban J connectivity index is 2.43. The predicted molar refractivity (Wildman–Crippen MR) is 70.5 cm³/mol. The molecule has 0 bridgehead atoms. The molecule has 1 atom stereocenters. The van der Waals surface area contributed by atoms with E-state index >= 15 is 0 Å². The molecule has 17 heavy (non-hydrogen) atoms. The number of ether oxygens (including phenoxy) is 1. The maximum absolute atomic E-state index is 6.30. The van der Waals surface area contributed by atoms with E-state index in [-0.39, 0.29) is 6.04 Å². The van der Waals surface area contributed by atoms with E-state index in [1.165, 1.54) is 5.56 Å². The Morgan fingerprint density at radius 1 is 1.53 bits per heavy atom. The lowest BCUT2D eigenvalue weighted by molar-refractivity contribution is 0.219. The maximum atomic E-state index is 6.30. The maximum Gasteiger partial charge on any atom is 0.123 e. The highest BCUT2D eigenvalue weighted by atomic mass is 35.5. The molecule has 1 aliphatic heterocycles. The molecule has 1 heterocycles. The fourth-order valence-corrected chi connectivity index (χ4v) is 2.92. The third kappa shape index (κ3) is 2.15. The van der Waals surface area contributed by atoms with E-state index in [9.17, 15) is 0 Å². The van der Waals surface area contributed by atoms with Crippen molar-refractivity contribution in [2.24, 2.45) is 5.73 Å². The van der Waals surface area contributed by atoms with E-state index in [0.717, 1.165) is 35.8 Å². The molecule has 94 valence electrons. The average Bonchev–Trinajstić information content (AvgIpc) is 2.69.